The fourth-order valence-electron chi connectivity index (χ4n) is 1.79. The first kappa shape index (κ1) is 11.6. The van der Waals surface area contributed by atoms with Crippen molar-refractivity contribution in [3.05, 3.63) is 28.2 Å². The second-order valence-corrected chi connectivity index (χ2v) is 5.43. The molecule has 1 aromatic rings. The highest BCUT2D eigenvalue weighted by Crippen LogP contribution is 2.37. The Morgan fingerprint density at radius 2 is 2.19 bits per heavy atom. The number of benzene rings is 1. The van der Waals surface area contributed by atoms with E-state index in [4.69, 9.17) is 0 Å². The van der Waals surface area contributed by atoms with Crippen molar-refractivity contribution in [2.24, 2.45) is 11.8 Å². The minimum absolute atomic E-state index is 0.143. The molecule has 1 aromatic carbocycles. The molecule has 1 fully saturated rings. The highest BCUT2D eigenvalue weighted by Gasteiger charge is 2.32. The molecular formula is C13H16BrNO. The van der Waals surface area contributed by atoms with Crippen molar-refractivity contribution in [3.63, 3.8) is 0 Å². The first-order valence-corrected chi connectivity index (χ1v) is 6.44. The van der Waals surface area contributed by atoms with Gasteiger partial charge in [-0.1, -0.05) is 22.9 Å². The van der Waals surface area contributed by atoms with Gasteiger partial charge >= 0.3 is 0 Å². The third-order valence-corrected chi connectivity index (χ3v) is 4.06. The summed E-state index contributed by atoms with van der Waals surface area (Å²) in [6.07, 6.45) is 2.40. The van der Waals surface area contributed by atoms with Crippen molar-refractivity contribution >= 4 is 27.5 Å². The topological polar surface area (TPSA) is 29.1 Å². The van der Waals surface area contributed by atoms with Crippen LogP contribution in [0.2, 0.25) is 0 Å². The Labute approximate surface area is 105 Å². The fraction of sp³-hybridized carbons (Fsp3) is 0.462. The number of aryl methyl sites for hydroxylation is 1. The van der Waals surface area contributed by atoms with Crippen molar-refractivity contribution in [2.75, 3.05) is 5.32 Å². The number of rotatable bonds is 3. The van der Waals surface area contributed by atoms with Gasteiger partial charge < -0.3 is 5.32 Å². The summed E-state index contributed by atoms with van der Waals surface area (Å²) in [5.41, 5.74) is 2.02. The zero-order valence-corrected chi connectivity index (χ0v) is 11.2. The summed E-state index contributed by atoms with van der Waals surface area (Å²) in [7, 11) is 0. The Morgan fingerprint density at radius 3 is 2.75 bits per heavy atom. The number of hydrogen-bond acceptors (Lipinski definition) is 1. The molecule has 2 rings (SSSR count). The quantitative estimate of drug-likeness (QED) is 0.899. The van der Waals surface area contributed by atoms with Crippen LogP contribution in [-0.2, 0) is 4.79 Å². The minimum Gasteiger partial charge on any atom is -0.326 e. The molecule has 1 aliphatic carbocycles. The summed E-state index contributed by atoms with van der Waals surface area (Å²) in [5, 5.41) is 2.97. The van der Waals surface area contributed by atoms with Gasteiger partial charge in [-0.3, -0.25) is 4.79 Å². The van der Waals surface area contributed by atoms with E-state index in [0.29, 0.717) is 5.92 Å². The molecule has 16 heavy (non-hydrogen) atoms. The standard InChI is InChI=1S/C13H16BrNO/c1-8-7-11(5-6-12(8)14)15-13(16)9(2)10-3-4-10/h5-7,9-10H,3-4H2,1-2H3,(H,15,16). The average molecular weight is 282 g/mol. The minimum atomic E-state index is 0.143. The van der Waals surface area contributed by atoms with Gasteiger partial charge in [-0.25, -0.2) is 0 Å². The van der Waals surface area contributed by atoms with E-state index in [2.05, 4.69) is 21.2 Å². The summed E-state index contributed by atoms with van der Waals surface area (Å²) in [5.74, 6) is 0.893. The number of carbonyl (C=O) groups excluding carboxylic acids is 1. The van der Waals surface area contributed by atoms with E-state index in [-0.39, 0.29) is 11.8 Å². The van der Waals surface area contributed by atoms with Crippen LogP contribution in [0.25, 0.3) is 0 Å². The maximum Gasteiger partial charge on any atom is 0.227 e. The molecule has 0 radical (unpaired) electrons. The molecule has 0 aliphatic heterocycles. The predicted molar refractivity (Wildman–Crippen MR) is 69.4 cm³/mol. The number of halogens is 1. The van der Waals surface area contributed by atoms with Crippen LogP contribution in [0.5, 0.6) is 0 Å². The molecule has 1 N–H and O–H groups in total. The molecule has 1 aliphatic rings. The molecule has 1 atom stereocenters. The van der Waals surface area contributed by atoms with Gasteiger partial charge in [0.25, 0.3) is 0 Å². The third kappa shape index (κ3) is 2.64. The molecule has 86 valence electrons. The molecule has 2 nitrogen and oxygen atoms in total. The SMILES string of the molecule is Cc1cc(NC(=O)C(C)C2CC2)ccc1Br. The normalized spacial score (nSPS) is 16.9. The number of carbonyl (C=O) groups is 1. The summed E-state index contributed by atoms with van der Waals surface area (Å²) < 4.78 is 1.07. The summed E-state index contributed by atoms with van der Waals surface area (Å²) in [4.78, 5) is 11.9. The van der Waals surface area contributed by atoms with Gasteiger partial charge in [0.15, 0.2) is 0 Å². The highest BCUT2D eigenvalue weighted by atomic mass is 79.9. The van der Waals surface area contributed by atoms with E-state index in [9.17, 15) is 4.79 Å². The Kier molecular flexibility index (Phi) is 3.33. The average Bonchev–Trinajstić information content (AvgIpc) is 3.06. The molecule has 0 heterocycles. The molecule has 0 spiro atoms. The second kappa shape index (κ2) is 4.58. The van der Waals surface area contributed by atoms with E-state index in [1.165, 1.54) is 12.8 Å². The van der Waals surface area contributed by atoms with Crippen LogP contribution >= 0.6 is 15.9 Å². The first-order chi connectivity index (χ1) is 7.58. The van der Waals surface area contributed by atoms with Gasteiger partial charge in [-0.05, 0) is 49.4 Å². The molecule has 1 unspecified atom stereocenters. The highest BCUT2D eigenvalue weighted by molar-refractivity contribution is 9.10. The van der Waals surface area contributed by atoms with Crippen molar-refractivity contribution in [3.8, 4) is 0 Å². The van der Waals surface area contributed by atoms with Crippen LogP contribution < -0.4 is 5.32 Å². The number of nitrogens with one attached hydrogen (secondary N) is 1. The smallest absolute Gasteiger partial charge is 0.227 e. The summed E-state index contributed by atoms with van der Waals surface area (Å²) >= 11 is 3.45. The first-order valence-electron chi connectivity index (χ1n) is 5.65. The van der Waals surface area contributed by atoms with Gasteiger partial charge in [0.1, 0.15) is 0 Å². The van der Waals surface area contributed by atoms with Crippen LogP contribution in [0.1, 0.15) is 25.3 Å². The maximum absolute atomic E-state index is 11.9. The van der Waals surface area contributed by atoms with E-state index in [1.54, 1.807) is 0 Å². The molecule has 3 heteroatoms. The van der Waals surface area contributed by atoms with Crippen molar-refractivity contribution in [1.82, 2.24) is 0 Å². The Hall–Kier alpha value is -0.830. The number of amides is 1. The summed E-state index contributed by atoms with van der Waals surface area (Å²) in [6, 6.07) is 5.88. The van der Waals surface area contributed by atoms with Crippen molar-refractivity contribution < 1.29 is 4.79 Å². The lowest BCUT2D eigenvalue weighted by atomic mass is 10.1. The monoisotopic (exact) mass is 281 g/mol. The fourth-order valence-corrected chi connectivity index (χ4v) is 2.04. The molecular weight excluding hydrogens is 266 g/mol. The predicted octanol–water partition coefficient (Wildman–Crippen LogP) is 3.74. The molecule has 0 saturated heterocycles. The molecule has 1 amide bonds. The molecule has 1 saturated carbocycles. The maximum atomic E-state index is 11.9. The van der Waals surface area contributed by atoms with E-state index >= 15 is 0 Å². The Balaban J connectivity index is 2.02. The second-order valence-electron chi connectivity index (χ2n) is 4.58. The zero-order valence-electron chi connectivity index (χ0n) is 9.59. The van der Waals surface area contributed by atoms with Crippen LogP contribution in [0.15, 0.2) is 22.7 Å². The zero-order chi connectivity index (χ0) is 11.7. The molecule has 0 aromatic heterocycles. The van der Waals surface area contributed by atoms with Crippen molar-refractivity contribution in [1.29, 1.82) is 0 Å². The lowest BCUT2D eigenvalue weighted by molar-refractivity contribution is -0.119. The lowest BCUT2D eigenvalue weighted by Crippen LogP contribution is -2.21. The summed E-state index contributed by atoms with van der Waals surface area (Å²) in [6.45, 7) is 4.03. The number of hydrogen-bond donors (Lipinski definition) is 1. The van der Waals surface area contributed by atoms with Gasteiger partial charge in [-0.2, -0.15) is 0 Å². The molecule has 0 bridgehead atoms. The van der Waals surface area contributed by atoms with Crippen molar-refractivity contribution in [2.45, 2.75) is 26.7 Å². The Morgan fingerprint density at radius 1 is 1.50 bits per heavy atom. The van der Waals surface area contributed by atoms with Crippen LogP contribution in [0, 0.1) is 18.8 Å². The van der Waals surface area contributed by atoms with Crippen LogP contribution in [0.4, 0.5) is 5.69 Å². The van der Waals surface area contributed by atoms with Gasteiger partial charge in [0, 0.05) is 16.1 Å². The Bertz CT molecular complexity index is 412. The van der Waals surface area contributed by atoms with E-state index < -0.39 is 0 Å². The third-order valence-electron chi connectivity index (χ3n) is 3.17. The van der Waals surface area contributed by atoms with Gasteiger partial charge in [0.05, 0.1) is 0 Å². The largest absolute Gasteiger partial charge is 0.326 e. The number of anilines is 1. The van der Waals surface area contributed by atoms with E-state index in [0.717, 1.165) is 15.7 Å². The van der Waals surface area contributed by atoms with Crippen LogP contribution in [0.3, 0.4) is 0 Å². The van der Waals surface area contributed by atoms with Gasteiger partial charge in [-0.15, -0.1) is 0 Å². The lowest BCUT2D eigenvalue weighted by Gasteiger charge is -2.11. The van der Waals surface area contributed by atoms with Crippen LogP contribution in [-0.4, -0.2) is 5.91 Å². The van der Waals surface area contributed by atoms with E-state index in [1.807, 2.05) is 32.0 Å². The van der Waals surface area contributed by atoms with Gasteiger partial charge in [0.2, 0.25) is 5.91 Å².